The molecule has 3 aromatic rings. The highest BCUT2D eigenvalue weighted by molar-refractivity contribution is 7.92. The van der Waals surface area contributed by atoms with Gasteiger partial charge in [0.25, 0.3) is 0 Å². The zero-order valence-electron chi connectivity index (χ0n) is 26.2. The van der Waals surface area contributed by atoms with Gasteiger partial charge in [-0.1, -0.05) is 55.8 Å². The van der Waals surface area contributed by atoms with Gasteiger partial charge in [-0.25, -0.2) is 8.42 Å². The van der Waals surface area contributed by atoms with E-state index in [0.29, 0.717) is 36.8 Å². The summed E-state index contributed by atoms with van der Waals surface area (Å²) < 4.78 is 37.6. The van der Waals surface area contributed by atoms with E-state index in [4.69, 9.17) is 9.47 Å². The summed E-state index contributed by atoms with van der Waals surface area (Å²) in [4.78, 5) is 29.2. The summed E-state index contributed by atoms with van der Waals surface area (Å²) in [5.74, 6) is 0.848. The molecule has 1 N–H and O–H groups in total. The minimum absolute atomic E-state index is 0.0561. The van der Waals surface area contributed by atoms with Gasteiger partial charge >= 0.3 is 0 Å². The predicted molar refractivity (Wildman–Crippen MR) is 174 cm³/mol. The molecule has 1 unspecified atom stereocenters. The van der Waals surface area contributed by atoms with Crippen molar-refractivity contribution in [2.24, 2.45) is 0 Å². The number of amides is 2. The molecule has 0 aliphatic rings. The Morgan fingerprint density at radius 3 is 2.23 bits per heavy atom. The fourth-order valence-electron chi connectivity index (χ4n) is 4.91. The van der Waals surface area contributed by atoms with Crippen LogP contribution in [-0.2, 0) is 32.6 Å². The van der Waals surface area contributed by atoms with E-state index in [9.17, 15) is 18.0 Å². The highest BCUT2D eigenvalue weighted by Crippen LogP contribution is 2.23. The Morgan fingerprint density at radius 2 is 1.59 bits per heavy atom. The molecule has 3 rings (SSSR count). The maximum absolute atomic E-state index is 14.0. The molecule has 0 saturated carbocycles. The zero-order chi connectivity index (χ0) is 32.0. The van der Waals surface area contributed by atoms with E-state index in [1.165, 1.54) is 4.31 Å². The van der Waals surface area contributed by atoms with Gasteiger partial charge in [0.1, 0.15) is 17.5 Å². The lowest BCUT2D eigenvalue weighted by Gasteiger charge is -2.32. The van der Waals surface area contributed by atoms with E-state index in [1.807, 2.05) is 61.5 Å². The van der Waals surface area contributed by atoms with E-state index >= 15 is 0 Å². The fourth-order valence-corrected chi connectivity index (χ4v) is 5.87. The second kappa shape index (κ2) is 17.3. The summed E-state index contributed by atoms with van der Waals surface area (Å²) in [5.41, 5.74) is 2.25. The molecule has 0 heterocycles. The normalized spacial score (nSPS) is 11.8. The first kappa shape index (κ1) is 34.4. The van der Waals surface area contributed by atoms with E-state index in [1.54, 1.807) is 36.3 Å². The average molecular weight is 624 g/mol. The monoisotopic (exact) mass is 623 g/mol. The standard InChI is InChI=1S/C34H45N3O6S/c1-5-7-22-35-34(39)32(25-27-13-9-8-10-14-27)36(26-28-15-11-16-31(24-28)42-3)33(38)17-12-23-37(44(4,40)41)29-18-20-30(21-19-29)43-6-2/h8-11,13-16,18-21,24,32H,5-7,12,17,22-23,25-26H2,1-4H3,(H,35,39). The fraction of sp³-hybridized carbons (Fsp3) is 0.412. The van der Waals surface area contributed by atoms with Crippen LogP contribution in [0, 0.1) is 0 Å². The molecule has 2 amide bonds. The van der Waals surface area contributed by atoms with Crippen molar-refractivity contribution >= 4 is 27.5 Å². The lowest BCUT2D eigenvalue weighted by Crippen LogP contribution is -2.50. The number of unbranched alkanes of at least 4 members (excludes halogenated alkanes) is 1. The Balaban J connectivity index is 1.87. The first-order chi connectivity index (χ1) is 21.2. The Kier molecular flexibility index (Phi) is 13.5. The van der Waals surface area contributed by atoms with Crippen LogP contribution in [0.4, 0.5) is 5.69 Å². The van der Waals surface area contributed by atoms with Crippen molar-refractivity contribution in [1.82, 2.24) is 10.2 Å². The second-order valence-corrected chi connectivity index (χ2v) is 12.5. The van der Waals surface area contributed by atoms with E-state index < -0.39 is 16.1 Å². The Hall–Kier alpha value is -4.05. The van der Waals surface area contributed by atoms with Crippen LogP contribution in [0.1, 0.15) is 50.7 Å². The van der Waals surface area contributed by atoms with Crippen molar-refractivity contribution in [3.63, 3.8) is 0 Å². The maximum Gasteiger partial charge on any atom is 0.243 e. The third kappa shape index (κ3) is 10.6. The number of nitrogens with one attached hydrogen (secondary N) is 1. The van der Waals surface area contributed by atoms with Crippen LogP contribution in [0.15, 0.2) is 78.9 Å². The van der Waals surface area contributed by atoms with Crippen LogP contribution < -0.4 is 19.1 Å². The van der Waals surface area contributed by atoms with Crippen LogP contribution in [-0.4, -0.2) is 64.2 Å². The van der Waals surface area contributed by atoms with Gasteiger partial charge in [0, 0.05) is 32.5 Å². The maximum atomic E-state index is 14.0. The van der Waals surface area contributed by atoms with E-state index in [0.717, 1.165) is 30.2 Å². The summed E-state index contributed by atoms with van der Waals surface area (Å²) in [7, 11) is -2.03. The van der Waals surface area contributed by atoms with Crippen molar-refractivity contribution < 1.29 is 27.5 Å². The van der Waals surface area contributed by atoms with Gasteiger partial charge in [0.15, 0.2) is 0 Å². The van der Waals surface area contributed by atoms with Crippen molar-refractivity contribution in [2.75, 3.05) is 37.4 Å². The summed E-state index contributed by atoms with van der Waals surface area (Å²) in [5, 5.41) is 3.02. The van der Waals surface area contributed by atoms with E-state index in [-0.39, 0.29) is 37.7 Å². The number of benzene rings is 3. The topological polar surface area (TPSA) is 105 Å². The molecule has 44 heavy (non-hydrogen) atoms. The number of carbonyl (C=O) groups excluding carboxylic acids is 2. The number of nitrogens with zero attached hydrogens (tertiary/aromatic N) is 2. The number of carbonyl (C=O) groups is 2. The van der Waals surface area contributed by atoms with Gasteiger partial charge in [-0.15, -0.1) is 0 Å². The van der Waals surface area contributed by atoms with Gasteiger partial charge in [-0.3, -0.25) is 13.9 Å². The quantitative estimate of drug-likeness (QED) is 0.196. The molecule has 0 aliphatic carbocycles. The molecule has 238 valence electrons. The Bertz CT molecular complexity index is 1430. The highest BCUT2D eigenvalue weighted by atomic mass is 32.2. The molecule has 10 heteroatoms. The van der Waals surface area contributed by atoms with Crippen LogP contribution >= 0.6 is 0 Å². The molecule has 3 aromatic carbocycles. The number of hydrogen-bond donors (Lipinski definition) is 1. The minimum Gasteiger partial charge on any atom is -0.497 e. The first-order valence-corrected chi connectivity index (χ1v) is 17.0. The van der Waals surface area contributed by atoms with Crippen molar-refractivity contribution in [1.29, 1.82) is 0 Å². The number of methoxy groups -OCH3 is 1. The molecule has 0 fully saturated rings. The third-order valence-electron chi connectivity index (χ3n) is 7.18. The number of hydrogen-bond acceptors (Lipinski definition) is 6. The summed E-state index contributed by atoms with van der Waals surface area (Å²) in [6.07, 6.45) is 3.58. The molecule has 0 aromatic heterocycles. The molecule has 0 aliphatic heterocycles. The Morgan fingerprint density at radius 1 is 0.886 bits per heavy atom. The number of anilines is 1. The van der Waals surface area contributed by atoms with Crippen LogP contribution in [0.25, 0.3) is 0 Å². The van der Waals surface area contributed by atoms with E-state index in [2.05, 4.69) is 12.2 Å². The SMILES string of the molecule is CCCCNC(=O)C(Cc1ccccc1)N(Cc1cccc(OC)c1)C(=O)CCCN(c1ccc(OCC)cc1)S(C)(=O)=O. The summed E-state index contributed by atoms with van der Waals surface area (Å²) >= 11 is 0. The van der Waals surface area contributed by atoms with Crippen LogP contribution in [0.3, 0.4) is 0 Å². The molecule has 0 saturated heterocycles. The smallest absolute Gasteiger partial charge is 0.243 e. The zero-order valence-corrected chi connectivity index (χ0v) is 27.0. The van der Waals surface area contributed by atoms with Gasteiger partial charge in [-0.05, 0) is 67.3 Å². The van der Waals surface area contributed by atoms with Crippen molar-refractivity contribution in [2.45, 2.75) is 58.5 Å². The number of ether oxygens (including phenoxy) is 2. The van der Waals surface area contributed by atoms with Crippen LogP contribution in [0.2, 0.25) is 0 Å². The molecule has 0 bridgehead atoms. The predicted octanol–water partition coefficient (Wildman–Crippen LogP) is 5.20. The molecule has 1 atom stereocenters. The van der Waals surface area contributed by atoms with Crippen LogP contribution in [0.5, 0.6) is 11.5 Å². The lowest BCUT2D eigenvalue weighted by molar-refractivity contribution is -0.141. The molecular weight excluding hydrogens is 578 g/mol. The third-order valence-corrected chi connectivity index (χ3v) is 8.37. The Labute approximate surface area is 262 Å². The first-order valence-electron chi connectivity index (χ1n) is 15.1. The molecule has 9 nitrogen and oxygen atoms in total. The number of rotatable bonds is 18. The second-order valence-electron chi connectivity index (χ2n) is 10.6. The van der Waals surface area contributed by atoms with Gasteiger partial charge in [0.05, 0.1) is 25.7 Å². The average Bonchev–Trinajstić information content (AvgIpc) is 3.01. The summed E-state index contributed by atoms with van der Waals surface area (Å²) in [6, 6.07) is 23.1. The van der Waals surface area contributed by atoms with Crippen molar-refractivity contribution in [3.05, 3.63) is 90.0 Å². The van der Waals surface area contributed by atoms with Gasteiger partial charge < -0.3 is 19.7 Å². The molecule has 0 spiro atoms. The molecular formula is C34H45N3O6S. The summed E-state index contributed by atoms with van der Waals surface area (Å²) in [6.45, 7) is 5.27. The van der Waals surface area contributed by atoms with Gasteiger partial charge in [-0.2, -0.15) is 0 Å². The minimum atomic E-state index is -3.61. The lowest BCUT2D eigenvalue weighted by atomic mass is 10.0. The molecule has 0 radical (unpaired) electrons. The van der Waals surface area contributed by atoms with Crippen molar-refractivity contribution in [3.8, 4) is 11.5 Å². The van der Waals surface area contributed by atoms with Gasteiger partial charge in [0.2, 0.25) is 21.8 Å². The number of sulfonamides is 1. The highest BCUT2D eigenvalue weighted by Gasteiger charge is 2.30. The largest absolute Gasteiger partial charge is 0.497 e.